The number of halogens is 2. The van der Waals surface area contributed by atoms with Gasteiger partial charge in [-0.25, -0.2) is 4.39 Å². The van der Waals surface area contributed by atoms with Crippen LogP contribution in [-0.2, 0) is 0 Å². The average molecular weight is 152 g/mol. The maximum atomic E-state index is 12.3. The Morgan fingerprint density at radius 2 is 1.78 bits per heavy atom. The van der Waals surface area contributed by atoms with Crippen molar-refractivity contribution in [2.75, 3.05) is 0 Å². The van der Waals surface area contributed by atoms with Crippen LogP contribution in [0.2, 0.25) is 0 Å². The Labute approximate surface area is 60.2 Å². The van der Waals surface area contributed by atoms with Crippen molar-refractivity contribution in [1.82, 2.24) is 0 Å². The van der Waals surface area contributed by atoms with Crippen molar-refractivity contribution in [1.29, 1.82) is 0 Å². The standard InChI is InChI=1S/C6H10FN.ClH/c7-5-3-6(5)1-4(8)2-6;/h4-5H,1-3,8H2;1H. The summed E-state index contributed by atoms with van der Waals surface area (Å²) < 4.78 is 12.3. The minimum Gasteiger partial charge on any atom is -0.328 e. The highest BCUT2D eigenvalue weighted by Gasteiger charge is 2.61. The molecule has 0 aromatic heterocycles. The Hall–Kier alpha value is 0.180. The number of rotatable bonds is 0. The maximum Gasteiger partial charge on any atom is 0.107 e. The molecule has 1 nitrogen and oxygen atoms in total. The van der Waals surface area contributed by atoms with Gasteiger partial charge in [-0.05, 0) is 19.3 Å². The van der Waals surface area contributed by atoms with E-state index < -0.39 is 6.17 Å². The molecule has 2 N–H and O–H groups in total. The van der Waals surface area contributed by atoms with Gasteiger partial charge in [0, 0.05) is 11.5 Å². The molecular weight excluding hydrogens is 141 g/mol. The number of hydrogen-bond acceptors (Lipinski definition) is 1. The Morgan fingerprint density at radius 3 is 1.89 bits per heavy atom. The van der Waals surface area contributed by atoms with E-state index in [1.165, 1.54) is 0 Å². The van der Waals surface area contributed by atoms with Gasteiger partial charge < -0.3 is 5.73 Å². The van der Waals surface area contributed by atoms with E-state index in [2.05, 4.69) is 0 Å². The van der Waals surface area contributed by atoms with Gasteiger partial charge in [-0.1, -0.05) is 0 Å². The van der Waals surface area contributed by atoms with Crippen LogP contribution in [-0.4, -0.2) is 12.2 Å². The molecule has 1 spiro atoms. The molecule has 2 aliphatic carbocycles. The zero-order chi connectivity index (χ0) is 5.78. The van der Waals surface area contributed by atoms with Gasteiger partial charge in [-0.3, -0.25) is 0 Å². The lowest BCUT2D eigenvalue weighted by Crippen LogP contribution is -2.39. The third-order valence-electron chi connectivity index (χ3n) is 2.43. The first-order chi connectivity index (χ1) is 3.73. The lowest BCUT2D eigenvalue weighted by atomic mass is 9.77. The van der Waals surface area contributed by atoms with Gasteiger partial charge in [-0.2, -0.15) is 0 Å². The minimum absolute atomic E-state index is 0. The first-order valence-corrected chi connectivity index (χ1v) is 3.13. The second-order valence-corrected chi connectivity index (χ2v) is 3.20. The summed E-state index contributed by atoms with van der Waals surface area (Å²) in [6, 6.07) is 0.316. The van der Waals surface area contributed by atoms with Crippen molar-refractivity contribution < 1.29 is 4.39 Å². The number of nitrogens with two attached hydrogens (primary N) is 1. The van der Waals surface area contributed by atoms with Gasteiger partial charge in [0.1, 0.15) is 6.17 Å². The van der Waals surface area contributed by atoms with Crippen LogP contribution in [0.15, 0.2) is 0 Å². The summed E-state index contributed by atoms with van der Waals surface area (Å²) in [5, 5.41) is 0. The van der Waals surface area contributed by atoms with Crippen molar-refractivity contribution >= 4 is 12.4 Å². The second kappa shape index (κ2) is 1.83. The van der Waals surface area contributed by atoms with Gasteiger partial charge in [0.2, 0.25) is 0 Å². The molecule has 0 aromatic rings. The average Bonchev–Trinajstić information content (AvgIpc) is 2.13. The van der Waals surface area contributed by atoms with E-state index in [4.69, 9.17) is 5.73 Å². The summed E-state index contributed by atoms with van der Waals surface area (Å²) in [4.78, 5) is 0. The van der Waals surface area contributed by atoms with E-state index in [0.29, 0.717) is 6.04 Å². The summed E-state index contributed by atoms with van der Waals surface area (Å²) >= 11 is 0. The number of hydrogen-bond donors (Lipinski definition) is 1. The monoisotopic (exact) mass is 151 g/mol. The fourth-order valence-corrected chi connectivity index (χ4v) is 1.70. The smallest absolute Gasteiger partial charge is 0.107 e. The lowest BCUT2D eigenvalue weighted by Gasteiger charge is -2.32. The second-order valence-electron chi connectivity index (χ2n) is 3.20. The Balaban J connectivity index is 0.000000405. The highest BCUT2D eigenvalue weighted by atomic mass is 35.5. The molecule has 0 heterocycles. The molecule has 1 atom stereocenters. The Bertz CT molecular complexity index is 122. The summed E-state index contributed by atoms with van der Waals surface area (Å²) in [5.41, 5.74) is 5.60. The minimum atomic E-state index is -0.498. The molecule has 1 unspecified atom stereocenters. The van der Waals surface area contributed by atoms with E-state index in [9.17, 15) is 4.39 Å². The molecule has 3 heteroatoms. The van der Waals surface area contributed by atoms with Gasteiger partial charge in [-0.15, -0.1) is 12.4 Å². The number of alkyl halides is 1. The molecule has 0 aromatic carbocycles. The molecule has 0 saturated heterocycles. The van der Waals surface area contributed by atoms with E-state index in [-0.39, 0.29) is 17.8 Å². The van der Waals surface area contributed by atoms with Crippen molar-refractivity contribution in [3.05, 3.63) is 0 Å². The largest absolute Gasteiger partial charge is 0.328 e. The van der Waals surface area contributed by atoms with E-state index in [1.807, 2.05) is 0 Å². The molecule has 0 amide bonds. The van der Waals surface area contributed by atoms with Gasteiger partial charge in [0.15, 0.2) is 0 Å². The normalized spacial score (nSPS) is 54.0. The van der Waals surface area contributed by atoms with Crippen LogP contribution in [0.3, 0.4) is 0 Å². The molecule has 2 saturated carbocycles. The first-order valence-electron chi connectivity index (χ1n) is 3.13. The van der Waals surface area contributed by atoms with Crippen molar-refractivity contribution in [2.45, 2.75) is 31.5 Å². The van der Waals surface area contributed by atoms with Crippen LogP contribution in [0, 0.1) is 5.41 Å². The molecule has 54 valence electrons. The fourth-order valence-electron chi connectivity index (χ4n) is 1.70. The van der Waals surface area contributed by atoms with E-state index >= 15 is 0 Å². The highest BCUT2D eigenvalue weighted by molar-refractivity contribution is 5.85. The summed E-state index contributed by atoms with van der Waals surface area (Å²) in [6.07, 6.45) is 2.17. The van der Waals surface area contributed by atoms with Crippen molar-refractivity contribution in [2.24, 2.45) is 11.1 Å². The quantitative estimate of drug-likeness (QED) is 0.554. The van der Waals surface area contributed by atoms with Crippen LogP contribution in [0.25, 0.3) is 0 Å². The van der Waals surface area contributed by atoms with E-state index in [1.54, 1.807) is 0 Å². The summed E-state index contributed by atoms with van der Waals surface area (Å²) in [5.74, 6) is 0. The van der Waals surface area contributed by atoms with Crippen LogP contribution >= 0.6 is 12.4 Å². The third kappa shape index (κ3) is 0.849. The van der Waals surface area contributed by atoms with Gasteiger partial charge in [0.25, 0.3) is 0 Å². The topological polar surface area (TPSA) is 26.0 Å². The molecule has 2 fully saturated rings. The SMILES string of the molecule is Cl.NC1CC2(C1)CC2F. The molecular formula is C6H11ClFN. The predicted molar refractivity (Wildman–Crippen MR) is 36.4 cm³/mol. The molecule has 2 aliphatic rings. The fraction of sp³-hybridized carbons (Fsp3) is 1.00. The molecule has 0 aliphatic heterocycles. The summed E-state index contributed by atoms with van der Waals surface area (Å²) in [7, 11) is 0. The van der Waals surface area contributed by atoms with Crippen molar-refractivity contribution in [3.8, 4) is 0 Å². The maximum absolute atomic E-state index is 12.3. The molecule has 2 rings (SSSR count). The Kier molecular flexibility index (Phi) is 1.48. The van der Waals surface area contributed by atoms with Gasteiger partial charge >= 0.3 is 0 Å². The zero-order valence-corrected chi connectivity index (χ0v) is 5.96. The van der Waals surface area contributed by atoms with Crippen molar-refractivity contribution in [3.63, 3.8) is 0 Å². The summed E-state index contributed by atoms with van der Waals surface area (Å²) in [6.45, 7) is 0. The molecule has 9 heavy (non-hydrogen) atoms. The van der Waals surface area contributed by atoms with Crippen LogP contribution in [0.4, 0.5) is 4.39 Å². The van der Waals surface area contributed by atoms with Gasteiger partial charge in [0.05, 0.1) is 0 Å². The van der Waals surface area contributed by atoms with Crippen LogP contribution in [0.1, 0.15) is 19.3 Å². The first kappa shape index (κ1) is 7.29. The van der Waals surface area contributed by atoms with Crippen LogP contribution < -0.4 is 5.73 Å². The van der Waals surface area contributed by atoms with E-state index in [0.717, 1.165) is 19.3 Å². The molecule has 0 radical (unpaired) electrons. The molecule has 0 bridgehead atoms. The zero-order valence-electron chi connectivity index (χ0n) is 5.14. The third-order valence-corrected chi connectivity index (χ3v) is 2.43. The predicted octanol–water partition coefficient (Wildman–Crippen LogP) is 1.26. The Morgan fingerprint density at radius 1 is 1.33 bits per heavy atom. The van der Waals surface area contributed by atoms with Crippen LogP contribution in [0.5, 0.6) is 0 Å². The lowest BCUT2D eigenvalue weighted by molar-refractivity contribution is 0.192. The highest BCUT2D eigenvalue weighted by Crippen LogP contribution is 2.61.